The minimum atomic E-state index is -1.05. The van der Waals surface area contributed by atoms with Gasteiger partial charge in [0.1, 0.15) is 0 Å². The average Bonchev–Trinajstić information content (AvgIpc) is 3.05. The summed E-state index contributed by atoms with van der Waals surface area (Å²) in [4.78, 5) is 11.6. The van der Waals surface area contributed by atoms with Gasteiger partial charge in [-0.25, -0.2) is 9.31 Å². The highest BCUT2D eigenvalue weighted by molar-refractivity contribution is 7.83. The maximum atomic E-state index is 11.7. The molecule has 1 atom stereocenters. The quantitative estimate of drug-likeness (QED) is 0.501. The normalized spacial score (nSPS) is 12.2. The predicted octanol–water partition coefficient (Wildman–Crippen LogP) is 4.48. The number of fused-ring (bicyclic) bond motifs is 1. The van der Waals surface area contributed by atoms with E-state index < -0.39 is 16.8 Å². The van der Waals surface area contributed by atoms with E-state index in [9.17, 15) is 14.1 Å². The number of aryl methyl sites for hydroxylation is 1. The fraction of sp³-hybridized carbons (Fsp3) is 0.167. The van der Waals surface area contributed by atoms with Gasteiger partial charge in [-0.2, -0.15) is 5.10 Å². The molecule has 6 heteroatoms. The molecule has 1 unspecified atom stereocenters. The Hall–Kier alpha value is -3.25. The van der Waals surface area contributed by atoms with Gasteiger partial charge in [0, 0.05) is 46.6 Å². The third kappa shape index (κ3) is 4.19. The van der Waals surface area contributed by atoms with E-state index in [1.165, 1.54) is 0 Å². The van der Waals surface area contributed by atoms with Crippen LogP contribution in [0.4, 0.5) is 0 Å². The molecule has 0 saturated heterocycles. The first-order valence-corrected chi connectivity index (χ1v) is 11.3. The van der Waals surface area contributed by atoms with Gasteiger partial charge in [-0.15, -0.1) is 0 Å². The summed E-state index contributed by atoms with van der Waals surface area (Å²) in [5, 5.41) is 14.4. The van der Waals surface area contributed by atoms with Crippen molar-refractivity contribution in [2.24, 2.45) is 0 Å². The molecule has 0 saturated carbocycles. The third-order valence-corrected chi connectivity index (χ3v) is 5.72. The van der Waals surface area contributed by atoms with E-state index in [2.05, 4.69) is 6.07 Å². The number of aromatic carboxylic acids is 1. The van der Waals surface area contributed by atoms with E-state index in [-0.39, 0.29) is 5.56 Å². The van der Waals surface area contributed by atoms with Gasteiger partial charge in [-0.3, -0.25) is 4.21 Å². The van der Waals surface area contributed by atoms with E-state index in [1.54, 1.807) is 18.4 Å². The fourth-order valence-electron chi connectivity index (χ4n) is 3.72. The number of nitrogens with zero attached hydrogens (tertiary/aromatic N) is 2. The van der Waals surface area contributed by atoms with E-state index in [0.717, 1.165) is 39.0 Å². The van der Waals surface area contributed by atoms with Crippen LogP contribution < -0.4 is 0 Å². The Labute approximate surface area is 177 Å². The van der Waals surface area contributed by atoms with E-state index in [1.807, 2.05) is 60.1 Å². The minimum Gasteiger partial charge on any atom is -0.478 e. The second kappa shape index (κ2) is 8.24. The Morgan fingerprint density at radius 2 is 1.80 bits per heavy atom. The molecule has 1 N–H and O–H groups in total. The molecule has 2 aromatic carbocycles. The summed E-state index contributed by atoms with van der Waals surface area (Å²) in [6.07, 6.45) is 4.14. The molecule has 0 fully saturated rings. The molecule has 4 aromatic rings. The Bertz CT molecular complexity index is 1260. The zero-order chi connectivity index (χ0) is 21.3. The molecule has 30 heavy (non-hydrogen) atoms. The molecule has 0 radical (unpaired) electrons. The summed E-state index contributed by atoms with van der Waals surface area (Å²) in [5.74, 6) is -0.660. The lowest BCUT2D eigenvalue weighted by Gasteiger charge is -2.09. The molecule has 2 aromatic heterocycles. The van der Waals surface area contributed by atoms with Crippen LogP contribution >= 0.6 is 0 Å². The fourth-order valence-corrected chi connectivity index (χ4v) is 4.35. The van der Waals surface area contributed by atoms with Gasteiger partial charge < -0.3 is 5.11 Å². The van der Waals surface area contributed by atoms with Crippen LogP contribution in [0.5, 0.6) is 0 Å². The molecule has 152 valence electrons. The molecule has 5 nitrogen and oxygen atoms in total. The van der Waals surface area contributed by atoms with Gasteiger partial charge >= 0.3 is 5.97 Å². The molecule has 0 amide bonds. The van der Waals surface area contributed by atoms with Crippen molar-refractivity contribution in [2.75, 3.05) is 6.26 Å². The molecule has 0 bridgehead atoms. The van der Waals surface area contributed by atoms with Crippen LogP contribution in [-0.2, 0) is 23.0 Å². The number of carboxylic acid groups (broad SMARTS) is 1. The lowest BCUT2D eigenvalue weighted by atomic mass is 9.97. The third-order valence-electron chi connectivity index (χ3n) is 4.98. The number of carboxylic acids is 1. The van der Waals surface area contributed by atoms with Crippen LogP contribution in [-0.4, -0.2) is 31.2 Å². The van der Waals surface area contributed by atoms with Crippen molar-refractivity contribution in [1.82, 2.24) is 9.61 Å². The van der Waals surface area contributed by atoms with Gasteiger partial charge in [0.2, 0.25) is 0 Å². The van der Waals surface area contributed by atoms with Gasteiger partial charge in [0.25, 0.3) is 0 Å². The summed E-state index contributed by atoms with van der Waals surface area (Å²) in [6, 6.07) is 19.3. The van der Waals surface area contributed by atoms with Crippen LogP contribution in [0, 0.1) is 6.92 Å². The molecule has 0 aliphatic carbocycles. The van der Waals surface area contributed by atoms with Gasteiger partial charge in [-0.1, -0.05) is 42.5 Å². The first kappa shape index (κ1) is 20.0. The van der Waals surface area contributed by atoms with E-state index >= 15 is 0 Å². The number of carbonyl (C=O) groups is 1. The first-order chi connectivity index (χ1) is 14.4. The zero-order valence-electron chi connectivity index (χ0n) is 16.8. The Morgan fingerprint density at radius 3 is 2.50 bits per heavy atom. The molecule has 2 heterocycles. The second-order valence-electron chi connectivity index (χ2n) is 7.47. The Balaban J connectivity index is 1.86. The molecule has 4 rings (SSSR count). The van der Waals surface area contributed by atoms with Crippen molar-refractivity contribution < 1.29 is 14.1 Å². The molecular formula is C24H22N2O3S. The van der Waals surface area contributed by atoms with Crippen molar-refractivity contribution in [3.05, 3.63) is 94.7 Å². The highest BCUT2D eigenvalue weighted by atomic mass is 32.2. The first-order valence-electron chi connectivity index (χ1n) is 9.60. The van der Waals surface area contributed by atoms with E-state index in [0.29, 0.717) is 12.2 Å². The maximum absolute atomic E-state index is 11.7. The zero-order valence-corrected chi connectivity index (χ0v) is 17.6. The Kier molecular flexibility index (Phi) is 5.50. The Morgan fingerprint density at radius 1 is 1.07 bits per heavy atom. The molecule has 0 spiro atoms. The lowest BCUT2D eigenvalue weighted by molar-refractivity contribution is 0.0696. The number of hydrogen-bond acceptors (Lipinski definition) is 3. The van der Waals surface area contributed by atoms with Crippen molar-refractivity contribution in [3.63, 3.8) is 0 Å². The summed E-state index contributed by atoms with van der Waals surface area (Å²) in [6.45, 7) is 2.02. The largest absolute Gasteiger partial charge is 0.478 e. The number of hydrogen-bond donors (Lipinski definition) is 1. The van der Waals surface area contributed by atoms with E-state index in [4.69, 9.17) is 5.10 Å². The van der Waals surface area contributed by atoms with Crippen molar-refractivity contribution >= 4 is 22.3 Å². The number of pyridine rings is 1. The van der Waals surface area contributed by atoms with Crippen LogP contribution in [0.25, 0.3) is 16.8 Å². The highest BCUT2D eigenvalue weighted by Crippen LogP contribution is 2.29. The predicted molar refractivity (Wildman–Crippen MR) is 119 cm³/mol. The lowest BCUT2D eigenvalue weighted by Crippen LogP contribution is -2.03. The van der Waals surface area contributed by atoms with Gasteiger partial charge in [-0.05, 0) is 41.8 Å². The summed E-state index contributed by atoms with van der Waals surface area (Å²) < 4.78 is 13.6. The van der Waals surface area contributed by atoms with Crippen LogP contribution in [0.3, 0.4) is 0 Å². The minimum absolute atomic E-state index is 0.210. The number of benzene rings is 2. The van der Waals surface area contributed by atoms with Crippen molar-refractivity contribution in [3.8, 4) is 11.3 Å². The number of aromatic nitrogens is 2. The van der Waals surface area contributed by atoms with Crippen LogP contribution in [0.15, 0.2) is 66.9 Å². The summed E-state index contributed by atoms with van der Waals surface area (Å²) >= 11 is 0. The second-order valence-corrected chi connectivity index (χ2v) is 8.90. The molecule has 0 aliphatic rings. The SMILES string of the molecule is Cc1ccc2c(Cc3cc(CS(C)=O)cc(C(=O)O)c3)c(-c3ccccc3)nn2c1. The molecular weight excluding hydrogens is 396 g/mol. The van der Waals surface area contributed by atoms with Crippen LogP contribution in [0.1, 0.15) is 32.6 Å². The number of rotatable bonds is 6. The smallest absolute Gasteiger partial charge is 0.335 e. The van der Waals surface area contributed by atoms with Crippen LogP contribution in [0.2, 0.25) is 0 Å². The average molecular weight is 419 g/mol. The highest BCUT2D eigenvalue weighted by Gasteiger charge is 2.17. The van der Waals surface area contributed by atoms with Crippen molar-refractivity contribution in [1.29, 1.82) is 0 Å². The maximum Gasteiger partial charge on any atom is 0.335 e. The summed E-state index contributed by atoms with van der Waals surface area (Å²) in [5.41, 5.74) is 6.86. The monoisotopic (exact) mass is 418 g/mol. The van der Waals surface area contributed by atoms with Gasteiger partial charge in [0.15, 0.2) is 0 Å². The van der Waals surface area contributed by atoms with Crippen molar-refractivity contribution in [2.45, 2.75) is 19.1 Å². The van der Waals surface area contributed by atoms with Gasteiger partial charge in [0.05, 0.1) is 16.8 Å². The molecule has 0 aliphatic heterocycles. The topological polar surface area (TPSA) is 71.7 Å². The standard InChI is InChI=1S/C24H22N2O3S/c1-16-8-9-22-21(23(25-26(22)14-16)19-6-4-3-5-7-19)13-17-10-18(15-30(2)29)12-20(11-17)24(27)28/h3-12,14H,13,15H2,1-2H3,(H,27,28). The summed E-state index contributed by atoms with van der Waals surface area (Å²) in [7, 11) is -1.05.